The van der Waals surface area contributed by atoms with Crippen LogP contribution in [-0.4, -0.2) is 56.7 Å². The Morgan fingerprint density at radius 1 is 1.24 bits per heavy atom. The molecule has 0 aliphatic rings. The Hall–Kier alpha value is -3.47. The number of ether oxygens (including phenoxy) is 1. The number of alkyl carbamates (subject to hydrolysis) is 1. The van der Waals surface area contributed by atoms with Crippen molar-refractivity contribution in [3.63, 3.8) is 0 Å². The van der Waals surface area contributed by atoms with E-state index < -0.39 is 29.5 Å². The van der Waals surface area contributed by atoms with Crippen molar-refractivity contribution in [3.05, 3.63) is 35.5 Å². The van der Waals surface area contributed by atoms with Gasteiger partial charge in [-0.15, -0.1) is 0 Å². The Kier molecular flexibility index (Phi) is 7.32. The molecule has 0 saturated carbocycles. The lowest BCUT2D eigenvalue weighted by atomic mass is 10.2. The van der Waals surface area contributed by atoms with Crippen LogP contribution in [0.25, 0.3) is 22.4 Å². The maximum absolute atomic E-state index is 14.3. The SMILES string of the molecule is C[C@H](Nc1nc(-c2c[nH]c3ncc(Cl)cc23)ncc1F)C(=O)NCCNC(=O)OC(C)(C)C.[HH].[HH].[HH].[HH]. The van der Waals surface area contributed by atoms with E-state index in [1.807, 2.05) is 0 Å². The second-order valence-corrected chi connectivity index (χ2v) is 8.66. The molecule has 10 nitrogen and oxygen atoms in total. The third-order valence-corrected chi connectivity index (χ3v) is 4.53. The fourth-order valence-corrected chi connectivity index (χ4v) is 3.01. The molecule has 0 aliphatic carbocycles. The number of carbonyl (C=O) groups is 2. The van der Waals surface area contributed by atoms with E-state index in [9.17, 15) is 14.0 Å². The predicted molar refractivity (Wildman–Crippen MR) is 131 cm³/mol. The number of fused-ring (bicyclic) bond motifs is 1. The molecule has 0 saturated heterocycles. The van der Waals surface area contributed by atoms with Crippen molar-refractivity contribution in [2.75, 3.05) is 18.4 Å². The standard InChI is InChI=1S/C21H25ClFN7O3.4H2/c1-11(19(31)24-5-6-25-20(32)33-21(2,3)4)29-18-15(23)10-28-17(30-18)14-9-27-16-13(14)7-12(22)8-26-16;;;;/h7-11H,5-6H2,1-4H3,(H,24,31)(H,25,32)(H,26,27)(H,28,29,30);4*1H/t11-;;;;/m0..../s1. The monoisotopic (exact) mass is 485 g/mol. The van der Waals surface area contributed by atoms with Crippen LogP contribution in [0.3, 0.4) is 0 Å². The lowest BCUT2D eigenvalue weighted by Crippen LogP contribution is -2.42. The van der Waals surface area contributed by atoms with Crippen LogP contribution in [0.4, 0.5) is 15.0 Å². The van der Waals surface area contributed by atoms with Gasteiger partial charge >= 0.3 is 6.09 Å². The summed E-state index contributed by atoms with van der Waals surface area (Å²) in [5.74, 6) is -0.994. The topological polar surface area (TPSA) is 134 Å². The Balaban J connectivity index is 0. The maximum atomic E-state index is 14.3. The Morgan fingerprint density at radius 3 is 2.70 bits per heavy atom. The molecule has 0 fully saturated rings. The van der Waals surface area contributed by atoms with Crippen LogP contribution in [0.5, 0.6) is 0 Å². The Bertz CT molecular complexity index is 1180. The number of amides is 2. The Morgan fingerprint density at radius 2 is 1.97 bits per heavy atom. The molecular weight excluding hydrogens is 453 g/mol. The average Bonchev–Trinajstić information content (AvgIpc) is 3.14. The van der Waals surface area contributed by atoms with Gasteiger partial charge in [0, 0.05) is 42.1 Å². The number of H-pyrrole nitrogens is 1. The second kappa shape index (κ2) is 9.99. The van der Waals surface area contributed by atoms with E-state index in [-0.39, 0.29) is 30.4 Å². The average molecular weight is 486 g/mol. The molecule has 4 N–H and O–H groups in total. The molecule has 184 valence electrons. The van der Waals surface area contributed by atoms with Crippen molar-refractivity contribution in [3.8, 4) is 11.4 Å². The molecule has 1 atom stereocenters. The van der Waals surface area contributed by atoms with Crippen LogP contribution in [0.1, 0.15) is 33.4 Å². The van der Waals surface area contributed by atoms with Gasteiger partial charge in [0.15, 0.2) is 17.5 Å². The number of halogens is 2. The maximum Gasteiger partial charge on any atom is 0.407 e. The number of hydrogen-bond acceptors (Lipinski definition) is 7. The van der Waals surface area contributed by atoms with Gasteiger partial charge in [-0.1, -0.05) is 11.6 Å². The number of nitrogens with one attached hydrogen (secondary N) is 4. The van der Waals surface area contributed by atoms with Crippen LogP contribution in [-0.2, 0) is 9.53 Å². The zero-order chi connectivity index (χ0) is 24.2. The van der Waals surface area contributed by atoms with Crippen LogP contribution in [0, 0.1) is 5.82 Å². The molecule has 12 heteroatoms. The molecule has 0 spiro atoms. The zero-order valence-corrected chi connectivity index (χ0v) is 19.4. The summed E-state index contributed by atoms with van der Waals surface area (Å²) in [5.41, 5.74) is 0.569. The molecule has 33 heavy (non-hydrogen) atoms. The minimum absolute atomic E-state index is 0. The third kappa shape index (κ3) is 6.51. The smallest absolute Gasteiger partial charge is 0.407 e. The molecule has 0 unspecified atom stereocenters. The van der Waals surface area contributed by atoms with E-state index in [0.717, 1.165) is 6.20 Å². The van der Waals surface area contributed by atoms with Crippen LogP contribution in [0.2, 0.25) is 5.02 Å². The molecule has 3 aromatic heterocycles. The summed E-state index contributed by atoms with van der Waals surface area (Å²) < 4.78 is 19.4. The van der Waals surface area contributed by atoms with Gasteiger partial charge in [0.05, 0.1) is 11.2 Å². The number of carbonyl (C=O) groups excluding carboxylic acids is 2. The molecule has 2 amide bonds. The van der Waals surface area contributed by atoms with Gasteiger partial charge in [-0.05, 0) is 33.8 Å². The van der Waals surface area contributed by atoms with E-state index in [0.29, 0.717) is 21.6 Å². The molecular formula is C21H33ClFN7O3. The highest BCUT2D eigenvalue weighted by molar-refractivity contribution is 6.31. The summed E-state index contributed by atoms with van der Waals surface area (Å²) in [6.07, 6.45) is 3.61. The third-order valence-electron chi connectivity index (χ3n) is 4.32. The number of aromatic amines is 1. The van der Waals surface area contributed by atoms with Gasteiger partial charge in [0.1, 0.15) is 17.3 Å². The summed E-state index contributed by atoms with van der Waals surface area (Å²) >= 11 is 6.03. The van der Waals surface area contributed by atoms with Crippen LogP contribution >= 0.6 is 11.6 Å². The first kappa shape index (κ1) is 24.2. The Labute approximate surface area is 200 Å². The summed E-state index contributed by atoms with van der Waals surface area (Å²) in [7, 11) is 0. The minimum Gasteiger partial charge on any atom is -0.444 e. The van der Waals surface area contributed by atoms with Crippen molar-refractivity contribution >= 4 is 40.5 Å². The molecule has 0 bridgehead atoms. The van der Waals surface area contributed by atoms with Gasteiger partial charge in [0.25, 0.3) is 0 Å². The summed E-state index contributed by atoms with van der Waals surface area (Å²) in [5, 5.41) is 9.06. The van der Waals surface area contributed by atoms with E-state index in [2.05, 4.69) is 35.9 Å². The molecule has 0 aromatic carbocycles. The van der Waals surface area contributed by atoms with Crippen molar-refractivity contribution in [2.45, 2.75) is 39.3 Å². The molecule has 0 radical (unpaired) electrons. The van der Waals surface area contributed by atoms with Crippen LogP contribution in [0.15, 0.2) is 24.7 Å². The number of anilines is 1. The first-order valence-corrected chi connectivity index (χ1v) is 10.6. The van der Waals surface area contributed by atoms with Gasteiger partial charge < -0.3 is 25.7 Å². The van der Waals surface area contributed by atoms with Crippen molar-refractivity contribution < 1.29 is 24.4 Å². The number of aromatic nitrogens is 4. The first-order valence-electron chi connectivity index (χ1n) is 10.2. The summed E-state index contributed by atoms with van der Waals surface area (Å²) in [6.45, 7) is 7.17. The fourth-order valence-electron chi connectivity index (χ4n) is 2.85. The van der Waals surface area contributed by atoms with Gasteiger partial charge in [-0.25, -0.2) is 24.1 Å². The minimum atomic E-state index is -0.803. The van der Waals surface area contributed by atoms with Gasteiger partial charge in [0.2, 0.25) is 5.91 Å². The first-order chi connectivity index (χ1) is 15.5. The number of pyridine rings is 1. The largest absolute Gasteiger partial charge is 0.444 e. The summed E-state index contributed by atoms with van der Waals surface area (Å²) in [4.78, 5) is 39.4. The molecule has 0 aliphatic heterocycles. The second-order valence-electron chi connectivity index (χ2n) is 8.23. The quantitative estimate of drug-likeness (QED) is 0.368. The molecule has 3 rings (SSSR count). The van der Waals surface area contributed by atoms with E-state index in [1.165, 1.54) is 6.20 Å². The van der Waals surface area contributed by atoms with Crippen molar-refractivity contribution in [2.24, 2.45) is 0 Å². The van der Waals surface area contributed by atoms with Gasteiger partial charge in [-0.2, -0.15) is 0 Å². The van der Waals surface area contributed by atoms with Crippen molar-refractivity contribution in [1.82, 2.24) is 30.6 Å². The highest BCUT2D eigenvalue weighted by Crippen LogP contribution is 2.28. The van der Waals surface area contributed by atoms with Crippen LogP contribution < -0.4 is 16.0 Å². The summed E-state index contributed by atoms with van der Waals surface area (Å²) in [6, 6.07) is 0.902. The van der Waals surface area contributed by atoms with Gasteiger partial charge in [-0.3, -0.25) is 4.79 Å². The van der Waals surface area contributed by atoms with E-state index >= 15 is 0 Å². The van der Waals surface area contributed by atoms with E-state index in [4.69, 9.17) is 16.3 Å². The molecule has 3 heterocycles. The normalized spacial score (nSPS) is 12.3. The zero-order valence-electron chi connectivity index (χ0n) is 18.6. The number of hydrogen-bond donors (Lipinski definition) is 4. The number of nitrogens with zero attached hydrogens (tertiary/aromatic N) is 3. The predicted octanol–water partition coefficient (Wildman–Crippen LogP) is 4.24. The highest BCUT2D eigenvalue weighted by Gasteiger charge is 2.19. The number of rotatable bonds is 7. The van der Waals surface area contributed by atoms with E-state index in [1.54, 1.807) is 40.0 Å². The fraction of sp³-hybridized carbons (Fsp3) is 0.381. The highest BCUT2D eigenvalue weighted by atomic mass is 35.5. The van der Waals surface area contributed by atoms with Crippen molar-refractivity contribution in [1.29, 1.82) is 0 Å². The lowest BCUT2D eigenvalue weighted by Gasteiger charge is -2.20. The molecule has 3 aromatic rings. The lowest BCUT2D eigenvalue weighted by molar-refractivity contribution is -0.121.